The summed E-state index contributed by atoms with van der Waals surface area (Å²) in [4.78, 5) is 0.168. The molecule has 5 nitrogen and oxygen atoms in total. The molecule has 1 atom stereocenters. The molecule has 0 spiro atoms. The van der Waals surface area contributed by atoms with Crippen molar-refractivity contribution in [3.8, 4) is 11.8 Å². The zero-order valence-corrected chi connectivity index (χ0v) is 14.2. The van der Waals surface area contributed by atoms with Gasteiger partial charge in [-0.1, -0.05) is 18.2 Å². The van der Waals surface area contributed by atoms with Gasteiger partial charge in [0.1, 0.15) is 5.75 Å². The maximum atomic E-state index is 13.0. The highest BCUT2D eigenvalue weighted by molar-refractivity contribution is 7.89. The number of sulfonamides is 1. The first kappa shape index (κ1) is 16.5. The summed E-state index contributed by atoms with van der Waals surface area (Å²) >= 11 is 0. The van der Waals surface area contributed by atoms with E-state index in [1.807, 2.05) is 30.3 Å². The van der Waals surface area contributed by atoms with E-state index >= 15 is 0 Å². The topological polar surface area (TPSA) is 70.4 Å². The van der Waals surface area contributed by atoms with Crippen LogP contribution < -0.4 is 4.74 Å². The van der Waals surface area contributed by atoms with Crippen molar-refractivity contribution >= 4 is 10.0 Å². The lowest BCUT2D eigenvalue weighted by atomic mass is 10.1. The number of nitriles is 1. The number of benzene rings is 2. The quantitative estimate of drug-likeness (QED) is 0.856. The lowest BCUT2D eigenvalue weighted by Gasteiger charge is -2.24. The standard InChI is InChI=1S/C18H18N2O3S/c1-23-16-9-7-15(8-10-16)18-6-3-11-20(18)24(21,22)17-5-2-4-14(12-17)13-19/h2,4-5,7-10,12,18H,3,6,11H2,1H3/t18-/m1/s1. The fourth-order valence-electron chi connectivity index (χ4n) is 3.05. The summed E-state index contributed by atoms with van der Waals surface area (Å²) in [6.07, 6.45) is 1.59. The van der Waals surface area contributed by atoms with Crippen LogP contribution in [0.15, 0.2) is 53.4 Å². The van der Waals surface area contributed by atoms with Crippen molar-refractivity contribution in [3.05, 3.63) is 59.7 Å². The zero-order chi connectivity index (χ0) is 17.2. The molecule has 24 heavy (non-hydrogen) atoms. The van der Waals surface area contributed by atoms with Crippen LogP contribution in [0.3, 0.4) is 0 Å². The Kier molecular flexibility index (Phi) is 4.56. The Balaban J connectivity index is 1.95. The first-order valence-electron chi connectivity index (χ1n) is 7.72. The maximum Gasteiger partial charge on any atom is 0.243 e. The van der Waals surface area contributed by atoms with Gasteiger partial charge in [0, 0.05) is 6.54 Å². The fourth-order valence-corrected chi connectivity index (χ4v) is 4.78. The molecule has 2 aromatic carbocycles. The number of ether oxygens (including phenoxy) is 1. The summed E-state index contributed by atoms with van der Waals surface area (Å²) in [5.74, 6) is 0.743. The van der Waals surface area contributed by atoms with Gasteiger partial charge in [-0.3, -0.25) is 0 Å². The molecule has 0 saturated carbocycles. The van der Waals surface area contributed by atoms with E-state index in [1.54, 1.807) is 25.3 Å². The first-order chi connectivity index (χ1) is 11.6. The molecule has 6 heteroatoms. The Morgan fingerprint density at radius 2 is 1.96 bits per heavy atom. The fraction of sp³-hybridized carbons (Fsp3) is 0.278. The Morgan fingerprint density at radius 3 is 2.62 bits per heavy atom. The smallest absolute Gasteiger partial charge is 0.243 e. The minimum absolute atomic E-state index is 0.168. The second kappa shape index (κ2) is 6.63. The van der Waals surface area contributed by atoms with Gasteiger partial charge < -0.3 is 4.74 Å². The molecule has 124 valence electrons. The molecule has 1 heterocycles. The summed E-state index contributed by atoms with van der Waals surface area (Å²) in [5, 5.41) is 9.00. The third kappa shape index (κ3) is 3.01. The highest BCUT2D eigenvalue weighted by atomic mass is 32.2. The second-order valence-corrected chi connectivity index (χ2v) is 7.58. The van der Waals surface area contributed by atoms with Crippen LogP contribution in [0.2, 0.25) is 0 Å². The van der Waals surface area contributed by atoms with Crippen LogP contribution in [-0.4, -0.2) is 26.4 Å². The Hall–Kier alpha value is -2.36. The van der Waals surface area contributed by atoms with E-state index in [0.717, 1.165) is 24.2 Å². The van der Waals surface area contributed by atoms with E-state index in [1.165, 1.54) is 10.4 Å². The summed E-state index contributed by atoms with van der Waals surface area (Å²) in [6.45, 7) is 0.482. The van der Waals surface area contributed by atoms with Crippen molar-refractivity contribution in [2.24, 2.45) is 0 Å². The van der Waals surface area contributed by atoms with Crippen molar-refractivity contribution in [1.29, 1.82) is 5.26 Å². The summed E-state index contributed by atoms with van der Waals surface area (Å²) < 4.78 is 32.7. The molecule has 0 aromatic heterocycles. The minimum Gasteiger partial charge on any atom is -0.497 e. The molecule has 1 fully saturated rings. The molecular weight excluding hydrogens is 324 g/mol. The lowest BCUT2D eigenvalue weighted by molar-refractivity contribution is 0.394. The number of hydrogen-bond acceptors (Lipinski definition) is 4. The van der Waals surface area contributed by atoms with Crippen molar-refractivity contribution in [2.45, 2.75) is 23.8 Å². The van der Waals surface area contributed by atoms with Gasteiger partial charge in [-0.15, -0.1) is 0 Å². The summed E-state index contributed by atoms with van der Waals surface area (Å²) in [6, 6.07) is 15.5. The normalized spacial score (nSPS) is 18.2. The SMILES string of the molecule is COc1ccc([C@H]2CCCN2S(=O)(=O)c2cccc(C#N)c2)cc1. The average molecular weight is 342 g/mol. The number of methoxy groups -OCH3 is 1. The second-order valence-electron chi connectivity index (χ2n) is 5.69. The van der Waals surface area contributed by atoms with Gasteiger partial charge in [-0.05, 0) is 48.7 Å². The van der Waals surface area contributed by atoms with Crippen molar-refractivity contribution < 1.29 is 13.2 Å². The van der Waals surface area contributed by atoms with E-state index < -0.39 is 10.0 Å². The van der Waals surface area contributed by atoms with Gasteiger partial charge in [0.2, 0.25) is 10.0 Å². The first-order valence-corrected chi connectivity index (χ1v) is 9.16. The van der Waals surface area contributed by atoms with Crippen molar-refractivity contribution in [1.82, 2.24) is 4.31 Å². The van der Waals surface area contributed by atoms with Gasteiger partial charge in [-0.25, -0.2) is 8.42 Å². The van der Waals surface area contributed by atoms with E-state index in [-0.39, 0.29) is 10.9 Å². The third-order valence-electron chi connectivity index (χ3n) is 4.27. The molecule has 2 aromatic rings. The molecule has 0 aliphatic carbocycles. The number of rotatable bonds is 4. The van der Waals surface area contributed by atoms with Gasteiger partial charge in [0.25, 0.3) is 0 Å². The van der Waals surface area contributed by atoms with E-state index in [2.05, 4.69) is 0 Å². The summed E-state index contributed by atoms with van der Waals surface area (Å²) in [5.41, 5.74) is 1.30. The molecule has 1 aliphatic rings. The predicted molar refractivity (Wildman–Crippen MR) is 90.0 cm³/mol. The van der Waals surface area contributed by atoms with Crippen LogP contribution in [0.25, 0.3) is 0 Å². The van der Waals surface area contributed by atoms with Crippen molar-refractivity contribution in [2.75, 3.05) is 13.7 Å². The van der Waals surface area contributed by atoms with Crippen LogP contribution in [0.4, 0.5) is 0 Å². The van der Waals surface area contributed by atoms with Crippen LogP contribution in [0, 0.1) is 11.3 Å². The molecule has 0 amide bonds. The molecule has 0 unspecified atom stereocenters. The van der Waals surface area contributed by atoms with Crippen molar-refractivity contribution in [3.63, 3.8) is 0 Å². The van der Waals surface area contributed by atoms with E-state index in [0.29, 0.717) is 12.1 Å². The molecule has 3 rings (SSSR count). The monoisotopic (exact) mass is 342 g/mol. The summed E-state index contributed by atoms with van der Waals surface area (Å²) in [7, 11) is -2.03. The van der Waals surface area contributed by atoms with Crippen LogP contribution >= 0.6 is 0 Å². The van der Waals surface area contributed by atoms with Gasteiger partial charge in [0.15, 0.2) is 0 Å². The number of hydrogen-bond donors (Lipinski definition) is 0. The molecule has 1 aliphatic heterocycles. The predicted octanol–water partition coefficient (Wildman–Crippen LogP) is 3.09. The average Bonchev–Trinajstić information content (AvgIpc) is 3.12. The third-order valence-corrected chi connectivity index (χ3v) is 6.18. The molecular formula is C18H18N2O3S. The molecule has 0 N–H and O–H groups in total. The molecule has 0 bridgehead atoms. The van der Waals surface area contributed by atoms with E-state index in [9.17, 15) is 8.42 Å². The van der Waals surface area contributed by atoms with Crippen LogP contribution in [-0.2, 0) is 10.0 Å². The van der Waals surface area contributed by atoms with Gasteiger partial charge in [-0.2, -0.15) is 9.57 Å². The highest BCUT2D eigenvalue weighted by Gasteiger charge is 2.36. The Bertz CT molecular complexity index is 870. The number of nitrogens with zero attached hydrogens (tertiary/aromatic N) is 2. The van der Waals surface area contributed by atoms with Gasteiger partial charge in [0.05, 0.1) is 29.7 Å². The Labute approximate surface area is 142 Å². The molecule has 1 saturated heterocycles. The van der Waals surface area contributed by atoms with Gasteiger partial charge >= 0.3 is 0 Å². The maximum absolute atomic E-state index is 13.0. The Morgan fingerprint density at radius 1 is 1.21 bits per heavy atom. The van der Waals surface area contributed by atoms with E-state index in [4.69, 9.17) is 10.00 Å². The molecule has 0 radical (unpaired) electrons. The van der Waals surface area contributed by atoms with Crippen LogP contribution in [0.1, 0.15) is 30.0 Å². The lowest BCUT2D eigenvalue weighted by Crippen LogP contribution is -2.30. The highest BCUT2D eigenvalue weighted by Crippen LogP contribution is 2.37. The zero-order valence-electron chi connectivity index (χ0n) is 13.3. The largest absolute Gasteiger partial charge is 0.497 e. The minimum atomic E-state index is -3.63. The van der Waals surface area contributed by atoms with Crippen LogP contribution in [0.5, 0.6) is 5.75 Å².